The van der Waals surface area contributed by atoms with Gasteiger partial charge in [-0.15, -0.1) is 11.3 Å². The van der Waals surface area contributed by atoms with Gasteiger partial charge >= 0.3 is 0 Å². The number of carbonyl (C=O) groups is 1. The number of carbonyl (C=O) groups excluding carboxylic acids is 1. The number of nitro groups is 1. The van der Waals surface area contributed by atoms with E-state index in [-0.39, 0.29) is 18.0 Å². The predicted octanol–water partition coefficient (Wildman–Crippen LogP) is 4.20. The van der Waals surface area contributed by atoms with Crippen LogP contribution < -0.4 is 4.74 Å². The molecule has 0 atom stereocenters. The van der Waals surface area contributed by atoms with Crippen molar-refractivity contribution in [1.29, 1.82) is 0 Å². The number of nitro benzene ring substituents is 1. The molecule has 8 nitrogen and oxygen atoms in total. The molecule has 0 aliphatic carbocycles. The Morgan fingerprint density at radius 2 is 2.14 bits per heavy atom. The molecular formula is C18H11FN4O4S. The van der Waals surface area contributed by atoms with Crippen molar-refractivity contribution >= 4 is 33.5 Å². The van der Waals surface area contributed by atoms with Crippen molar-refractivity contribution in [3.63, 3.8) is 0 Å². The highest BCUT2D eigenvalue weighted by Gasteiger charge is 2.16. The number of ether oxygens (including phenoxy) is 1. The number of benzene rings is 1. The lowest BCUT2D eigenvalue weighted by Crippen LogP contribution is -1.97. The second-order valence-electron chi connectivity index (χ2n) is 5.73. The highest BCUT2D eigenvalue weighted by Crippen LogP contribution is 2.39. The maximum Gasteiger partial charge on any atom is 0.272 e. The van der Waals surface area contributed by atoms with Crippen LogP contribution in [0.15, 0.2) is 48.9 Å². The van der Waals surface area contributed by atoms with Crippen LogP contribution >= 0.6 is 11.3 Å². The SMILES string of the molecule is O=CCn1cc(-c2cc3nccc(Oc4ccc([N+](=O)[O-])cc4F)c3s2)cn1. The van der Waals surface area contributed by atoms with Gasteiger partial charge in [-0.25, -0.2) is 4.39 Å². The molecule has 0 N–H and O–H groups in total. The third-order valence-electron chi connectivity index (χ3n) is 3.90. The molecule has 3 heterocycles. The Morgan fingerprint density at radius 3 is 2.89 bits per heavy atom. The number of nitrogens with zero attached hydrogens (tertiary/aromatic N) is 4. The number of thiophene rings is 1. The summed E-state index contributed by atoms with van der Waals surface area (Å²) >= 11 is 1.38. The van der Waals surface area contributed by atoms with Crippen molar-refractivity contribution in [3.8, 4) is 21.9 Å². The first-order chi connectivity index (χ1) is 13.5. The second-order valence-corrected chi connectivity index (χ2v) is 6.78. The van der Waals surface area contributed by atoms with E-state index in [2.05, 4.69) is 10.1 Å². The second kappa shape index (κ2) is 7.16. The van der Waals surface area contributed by atoms with Gasteiger partial charge in [0.05, 0.1) is 33.9 Å². The zero-order chi connectivity index (χ0) is 19.7. The fourth-order valence-corrected chi connectivity index (χ4v) is 3.65. The molecule has 4 aromatic rings. The average Bonchev–Trinajstić information content (AvgIpc) is 3.30. The number of halogens is 1. The van der Waals surface area contributed by atoms with E-state index in [0.29, 0.717) is 16.0 Å². The Bertz CT molecular complexity index is 1200. The molecule has 3 aromatic heterocycles. The number of rotatable bonds is 6. The molecule has 0 aliphatic rings. The minimum Gasteiger partial charge on any atom is -0.453 e. The van der Waals surface area contributed by atoms with Crippen LogP contribution in [0.4, 0.5) is 10.1 Å². The maximum atomic E-state index is 14.2. The molecular weight excluding hydrogens is 387 g/mol. The zero-order valence-corrected chi connectivity index (χ0v) is 14.9. The highest BCUT2D eigenvalue weighted by atomic mass is 32.1. The molecule has 28 heavy (non-hydrogen) atoms. The number of hydrogen-bond donors (Lipinski definition) is 0. The standard InChI is InChI=1S/C18H11FN4O4S/c19-13-7-12(23(25)26)1-2-15(13)27-16-3-4-20-14-8-17(28-18(14)16)11-9-21-22(10-11)5-6-24/h1-4,6-10H,5H2. The molecule has 0 radical (unpaired) electrons. The third kappa shape index (κ3) is 3.32. The summed E-state index contributed by atoms with van der Waals surface area (Å²) in [7, 11) is 0. The highest BCUT2D eigenvalue weighted by molar-refractivity contribution is 7.22. The topological polar surface area (TPSA) is 100 Å². The summed E-state index contributed by atoms with van der Waals surface area (Å²) in [6, 6.07) is 6.66. The number of fused-ring (bicyclic) bond motifs is 1. The molecule has 1 aromatic carbocycles. The minimum absolute atomic E-state index is 0.119. The molecule has 0 saturated heterocycles. The molecule has 0 saturated carbocycles. The zero-order valence-electron chi connectivity index (χ0n) is 14.1. The van der Waals surface area contributed by atoms with Crippen LogP contribution in [0, 0.1) is 15.9 Å². The fourth-order valence-electron chi connectivity index (χ4n) is 2.61. The van der Waals surface area contributed by atoms with Crippen LogP contribution in [-0.4, -0.2) is 26.0 Å². The normalized spacial score (nSPS) is 10.9. The first-order valence-electron chi connectivity index (χ1n) is 8.02. The van der Waals surface area contributed by atoms with E-state index in [1.165, 1.54) is 34.3 Å². The van der Waals surface area contributed by atoms with Gasteiger partial charge in [0.2, 0.25) is 0 Å². The molecule has 0 aliphatic heterocycles. The lowest BCUT2D eigenvalue weighted by atomic mass is 10.2. The summed E-state index contributed by atoms with van der Waals surface area (Å²) in [5, 5.41) is 14.9. The van der Waals surface area contributed by atoms with Gasteiger partial charge in [-0.2, -0.15) is 5.10 Å². The summed E-state index contributed by atoms with van der Waals surface area (Å²) in [5.41, 5.74) is 1.12. The van der Waals surface area contributed by atoms with Gasteiger partial charge in [0, 0.05) is 35.0 Å². The molecule has 0 spiro atoms. The lowest BCUT2D eigenvalue weighted by Gasteiger charge is -2.07. The van der Waals surface area contributed by atoms with E-state index in [1.54, 1.807) is 18.5 Å². The van der Waals surface area contributed by atoms with Gasteiger partial charge in [0.15, 0.2) is 11.6 Å². The summed E-state index contributed by atoms with van der Waals surface area (Å²) in [5.74, 6) is -0.563. The first-order valence-corrected chi connectivity index (χ1v) is 8.83. The average molecular weight is 398 g/mol. The van der Waals surface area contributed by atoms with Gasteiger partial charge in [-0.1, -0.05) is 0 Å². The van der Waals surface area contributed by atoms with Gasteiger partial charge < -0.3 is 9.53 Å². The molecule has 4 rings (SSSR count). The van der Waals surface area contributed by atoms with Crippen molar-refractivity contribution in [3.05, 3.63) is 64.9 Å². The summed E-state index contributed by atoms with van der Waals surface area (Å²) in [4.78, 5) is 25.8. The van der Waals surface area contributed by atoms with Crippen LogP contribution in [0.1, 0.15) is 0 Å². The van der Waals surface area contributed by atoms with Crippen molar-refractivity contribution in [2.75, 3.05) is 0 Å². The van der Waals surface area contributed by atoms with Gasteiger partial charge in [-0.3, -0.25) is 19.8 Å². The smallest absolute Gasteiger partial charge is 0.272 e. The minimum atomic E-state index is -0.828. The van der Waals surface area contributed by atoms with Crippen LogP contribution in [0.25, 0.3) is 20.7 Å². The van der Waals surface area contributed by atoms with Gasteiger partial charge in [0.25, 0.3) is 5.69 Å². The molecule has 0 unspecified atom stereocenters. The Morgan fingerprint density at radius 1 is 1.29 bits per heavy atom. The maximum absolute atomic E-state index is 14.2. The molecule has 0 amide bonds. The van der Waals surface area contributed by atoms with Crippen LogP contribution in [0.3, 0.4) is 0 Å². The van der Waals surface area contributed by atoms with Crippen LogP contribution in [-0.2, 0) is 11.3 Å². The number of aromatic nitrogens is 3. The summed E-state index contributed by atoms with van der Waals surface area (Å²) in [6.07, 6.45) is 5.68. The number of non-ortho nitro benzene ring substituents is 1. The summed E-state index contributed by atoms with van der Waals surface area (Å²) in [6.45, 7) is 0.164. The Hall–Kier alpha value is -3.66. The van der Waals surface area contributed by atoms with Gasteiger partial charge in [-0.05, 0) is 12.1 Å². The number of pyridine rings is 1. The Labute approximate surface area is 161 Å². The molecule has 0 bridgehead atoms. The number of hydrogen-bond acceptors (Lipinski definition) is 7. The third-order valence-corrected chi connectivity index (χ3v) is 5.09. The van der Waals surface area contributed by atoms with E-state index in [1.807, 2.05) is 6.07 Å². The van der Waals surface area contributed by atoms with Crippen molar-refractivity contribution in [1.82, 2.24) is 14.8 Å². The van der Waals surface area contributed by atoms with Crippen LogP contribution in [0.2, 0.25) is 0 Å². The largest absolute Gasteiger partial charge is 0.453 e. The monoisotopic (exact) mass is 398 g/mol. The first kappa shape index (κ1) is 17.7. The van der Waals surface area contributed by atoms with Gasteiger partial charge in [0.1, 0.15) is 12.0 Å². The van der Waals surface area contributed by atoms with E-state index < -0.39 is 10.7 Å². The van der Waals surface area contributed by atoms with E-state index in [0.717, 1.165) is 22.8 Å². The molecule has 140 valence electrons. The fraction of sp³-hybridized carbons (Fsp3) is 0.0556. The van der Waals surface area contributed by atoms with E-state index in [9.17, 15) is 19.3 Å². The Balaban J connectivity index is 1.69. The quantitative estimate of drug-likeness (QED) is 0.274. The molecule has 10 heteroatoms. The lowest BCUT2D eigenvalue weighted by molar-refractivity contribution is -0.385. The molecule has 0 fully saturated rings. The summed E-state index contributed by atoms with van der Waals surface area (Å²) < 4.78 is 22.0. The van der Waals surface area contributed by atoms with Crippen molar-refractivity contribution in [2.24, 2.45) is 0 Å². The van der Waals surface area contributed by atoms with Crippen LogP contribution in [0.5, 0.6) is 11.5 Å². The van der Waals surface area contributed by atoms with Crippen molar-refractivity contribution in [2.45, 2.75) is 6.54 Å². The van der Waals surface area contributed by atoms with E-state index >= 15 is 0 Å². The predicted molar refractivity (Wildman–Crippen MR) is 100 cm³/mol. The van der Waals surface area contributed by atoms with E-state index in [4.69, 9.17) is 4.74 Å². The van der Waals surface area contributed by atoms with Crippen molar-refractivity contribution < 1.29 is 18.8 Å². The Kier molecular flexibility index (Phi) is 4.53. The number of aldehydes is 1.